The van der Waals surface area contributed by atoms with Gasteiger partial charge in [-0.05, 0) is 36.0 Å². The zero-order valence-corrected chi connectivity index (χ0v) is 15.4. The van der Waals surface area contributed by atoms with Gasteiger partial charge in [-0.25, -0.2) is 13.6 Å². The summed E-state index contributed by atoms with van der Waals surface area (Å²) in [5.41, 5.74) is 0.355. The molecule has 2 fully saturated rings. The maximum atomic E-state index is 12.9. The van der Waals surface area contributed by atoms with Crippen molar-refractivity contribution < 1.29 is 23.2 Å². The summed E-state index contributed by atoms with van der Waals surface area (Å²) in [6.45, 7) is -0.0211. The van der Waals surface area contributed by atoms with E-state index in [-0.39, 0.29) is 18.0 Å². The normalized spacial score (nSPS) is 21.1. The van der Waals surface area contributed by atoms with Gasteiger partial charge >= 0.3 is 6.03 Å². The summed E-state index contributed by atoms with van der Waals surface area (Å²) in [6, 6.07) is 12.0. The molecule has 1 saturated carbocycles. The Morgan fingerprint density at radius 1 is 1.10 bits per heavy atom. The lowest BCUT2D eigenvalue weighted by Crippen LogP contribution is -2.57. The van der Waals surface area contributed by atoms with E-state index >= 15 is 0 Å². The molecule has 1 aliphatic heterocycles. The summed E-state index contributed by atoms with van der Waals surface area (Å²) in [5.74, 6) is -0.847. The molecule has 1 atom stereocenters. The molecule has 0 spiro atoms. The van der Waals surface area contributed by atoms with Gasteiger partial charge in [0, 0.05) is 11.1 Å². The highest BCUT2D eigenvalue weighted by Crippen LogP contribution is 2.41. The second-order valence-electron chi connectivity index (χ2n) is 7.30. The van der Waals surface area contributed by atoms with Crippen LogP contribution in [0.2, 0.25) is 0 Å². The molecule has 29 heavy (non-hydrogen) atoms. The number of alkyl halides is 2. The van der Waals surface area contributed by atoms with Gasteiger partial charge in [-0.3, -0.25) is 14.9 Å². The summed E-state index contributed by atoms with van der Waals surface area (Å²) in [7, 11) is 0. The second kappa shape index (κ2) is 7.27. The van der Waals surface area contributed by atoms with Gasteiger partial charge in [0.25, 0.3) is 18.2 Å². The summed E-state index contributed by atoms with van der Waals surface area (Å²) in [6.07, 6.45) is -0.957. The Bertz CT molecular complexity index is 973. The van der Waals surface area contributed by atoms with Crippen molar-refractivity contribution in [2.45, 2.75) is 24.8 Å². The molecule has 1 aliphatic carbocycles. The molecule has 2 aromatic carbocycles. The van der Waals surface area contributed by atoms with E-state index in [4.69, 9.17) is 0 Å². The van der Waals surface area contributed by atoms with Gasteiger partial charge in [-0.2, -0.15) is 0 Å². The lowest BCUT2D eigenvalue weighted by atomic mass is 9.92. The van der Waals surface area contributed by atoms with Crippen LogP contribution in [0.25, 0.3) is 11.1 Å². The first kappa shape index (κ1) is 19.0. The Morgan fingerprint density at radius 3 is 2.38 bits per heavy atom. The molecule has 2 aromatic rings. The van der Waals surface area contributed by atoms with Crippen LogP contribution >= 0.6 is 0 Å². The number of benzene rings is 2. The number of amides is 4. The number of imide groups is 1. The summed E-state index contributed by atoms with van der Waals surface area (Å²) >= 11 is 0. The standard InChI is InChI=1S/C21H19F2N3O3/c22-17(23)13-7-5-12(6-8-13)15-3-1-2-4-16(15)18(27)24-11-21(14-9-10-14)19(28)25-20(29)26-21/h1-8,14,17H,9-11H2,(H,24,27)(H2,25,26,28,29)/t21-/m0/s1. The van der Waals surface area contributed by atoms with Crippen LogP contribution in [0.1, 0.15) is 35.2 Å². The van der Waals surface area contributed by atoms with Crippen molar-refractivity contribution in [3.8, 4) is 11.1 Å². The van der Waals surface area contributed by atoms with E-state index in [1.807, 2.05) is 0 Å². The van der Waals surface area contributed by atoms with Crippen LogP contribution in [-0.2, 0) is 4.79 Å². The van der Waals surface area contributed by atoms with Crippen molar-refractivity contribution in [3.05, 3.63) is 59.7 Å². The molecule has 0 bridgehead atoms. The molecule has 0 aromatic heterocycles. The molecule has 150 valence electrons. The molecule has 0 radical (unpaired) electrons. The molecule has 6 nitrogen and oxygen atoms in total. The predicted molar refractivity (Wildman–Crippen MR) is 101 cm³/mol. The minimum atomic E-state index is -2.56. The number of halogens is 2. The Hall–Kier alpha value is -3.29. The van der Waals surface area contributed by atoms with E-state index in [1.54, 1.807) is 36.4 Å². The topological polar surface area (TPSA) is 87.3 Å². The first-order valence-electron chi connectivity index (χ1n) is 9.30. The number of urea groups is 1. The van der Waals surface area contributed by atoms with E-state index < -0.39 is 29.8 Å². The van der Waals surface area contributed by atoms with E-state index in [0.29, 0.717) is 16.7 Å². The molecule has 8 heteroatoms. The van der Waals surface area contributed by atoms with Crippen LogP contribution < -0.4 is 16.0 Å². The molecule has 2 aliphatic rings. The third-order valence-electron chi connectivity index (χ3n) is 5.42. The fourth-order valence-electron chi connectivity index (χ4n) is 3.69. The summed E-state index contributed by atoms with van der Waals surface area (Å²) < 4.78 is 25.6. The monoisotopic (exact) mass is 399 g/mol. The van der Waals surface area contributed by atoms with Gasteiger partial charge in [0.2, 0.25) is 0 Å². The molecular formula is C21H19F2N3O3. The van der Waals surface area contributed by atoms with Crippen LogP contribution in [0.15, 0.2) is 48.5 Å². The molecule has 1 saturated heterocycles. The van der Waals surface area contributed by atoms with Crippen molar-refractivity contribution in [1.29, 1.82) is 0 Å². The van der Waals surface area contributed by atoms with Gasteiger partial charge in [-0.1, -0.05) is 42.5 Å². The maximum Gasteiger partial charge on any atom is 0.322 e. The van der Waals surface area contributed by atoms with E-state index in [1.165, 1.54) is 12.1 Å². The highest BCUT2D eigenvalue weighted by Gasteiger charge is 2.56. The number of nitrogens with one attached hydrogen (secondary N) is 3. The van der Waals surface area contributed by atoms with Crippen molar-refractivity contribution in [2.24, 2.45) is 5.92 Å². The Morgan fingerprint density at radius 2 is 1.79 bits per heavy atom. The highest BCUT2D eigenvalue weighted by molar-refractivity contribution is 6.08. The lowest BCUT2D eigenvalue weighted by Gasteiger charge is -2.26. The third-order valence-corrected chi connectivity index (χ3v) is 5.42. The minimum absolute atomic E-state index is 0.00798. The number of hydrogen-bond acceptors (Lipinski definition) is 3. The van der Waals surface area contributed by atoms with Gasteiger partial charge < -0.3 is 10.6 Å². The van der Waals surface area contributed by atoms with Gasteiger partial charge in [0.1, 0.15) is 5.54 Å². The number of carbonyl (C=O) groups excluding carboxylic acids is 3. The molecule has 4 rings (SSSR count). The Kier molecular flexibility index (Phi) is 4.77. The van der Waals surface area contributed by atoms with E-state index in [2.05, 4.69) is 16.0 Å². The van der Waals surface area contributed by atoms with Gasteiger partial charge in [0.15, 0.2) is 0 Å². The zero-order valence-electron chi connectivity index (χ0n) is 15.4. The number of hydrogen-bond donors (Lipinski definition) is 3. The van der Waals surface area contributed by atoms with Gasteiger partial charge in [0.05, 0.1) is 6.54 Å². The highest BCUT2D eigenvalue weighted by atomic mass is 19.3. The summed E-state index contributed by atoms with van der Waals surface area (Å²) in [5, 5.41) is 7.67. The first-order valence-corrected chi connectivity index (χ1v) is 9.30. The quantitative estimate of drug-likeness (QED) is 0.653. The number of rotatable bonds is 6. The zero-order chi connectivity index (χ0) is 20.6. The van der Waals surface area contributed by atoms with Crippen LogP contribution in [0.4, 0.5) is 13.6 Å². The molecule has 3 N–H and O–H groups in total. The minimum Gasteiger partial charge on any atom is -0.349 e. The predicted octanol–water partition coefficient (Wildman–Crippen LogP) is 3.01. The Balaban J connectivity index is 1.55. The van der Waals surface area contributed by atoms with Crippen LogP contribution in [0.5, 0.6) is 0 Å². The smallest absolute Gasteiger partial charge is 0.322 e. The molecule has 1 heterocycles. The number of carbonyl (C=O) groups is 3. The van der Waals surface area contributed by atoms with Crippen LogP contribution in [0.3, 0.4) is 0 Å². The second-order valence-corrected chi connectivity index (χ2v) is 7.30. The van der Waals surface area contributed by atoms with Crippen LogP contribution in [-0.4, -0.2) is 29.9 Å². The SMILES string of the molecule is O=C1NC(=O)[C@](CNC(=O)c2ccccc2-c2ccc(C(F)F)cc2)(C2CC2)N1. The Labute approximate surface area is 165 Å². The van der Waals surface area contributed by atoms with E-state index in [0.717, 1.165) is 12.8 Å². The fourth-order valence-corrected chi connectivity index (χ4v) is 3.69. The molecular weight excluding hydrogens is 380 g/mol. The summed E-state index contributed by atoms with van der Waals surface area (Å²) in [4.78, 5) is 36.8. The van der Waals surface area contributed by atoms with Crippen molar-refractivity contribution in [3.63, 3.8) is 0 Å². The van der Waals surface area contributed by atoms with Crippen molar-refractivity contribution >= 4 is 17.8 Å². The molecule has 0 unspecified atom stereocenters. The average molecular weight is 399 g/mol. The maximum absolute atomic E-state index is 12.9. The first-order chi connectivity index (χ1) is 13.9. The molecule has 4 amide bonds. The third kappa shape index (κ3) is 3.57. The van der Waals surface area contributed by atoms with Gasteiger partial charge in [-0.15, -0.1) is 0 Å². The largest absolute Gasteiger partial charge is 0.349 e. The van der Waals surface area contributed by atoms with E-state index in [9.17, 15) is 23.2 Å². The fraction of sp³-hybridized carbons (Fsp3) is 0.286. The van der Waals surface area contributed by atoms with Crippen molar-refractivity contribution in [2.75, 3.05) is 6.54 Å². The van der Waals surface area contributed by atoms with Crippen molar-refractivity contribution in [1.82, 2.24) is 16.0 Å². The average Bonchev–Trinajstić information content (AvgIpc) is 3.52. The van der Waals surface area contributed by atoms with Crippen LogP contribution in [0, 0.1) is 5.92 Å². The lowest BCUT2D eigenvalue weighted by molar-refractivity contribution is -0.124.